The minimum atomic E-state index is -0.189. The first-order valence-corrected chi connectivity index (χ1v) is 8.06. The molecule has 7 nitrogen and oxygen atoms in total. The van der Waals surface area contributed by atoms with Crippen LogP contribution in [0.2, 0.25) is 0 Å². The maximum absolute atomic E-state index is 12.0. The van der Waals surface area contributed by atoms with Gasteiger partial charge in [0.2, 0.25) is 12.3 Å². The first-order valence-electron chi connectivity index (χ1n) is 7.07. The zero-order valence-corrected chi connectivity index (χ0v) is 13.3. The summed E-state index contributed by atoms with van der Waals surface area (Å²) in [6.07, 6.45) is 2.22. The Morgan fingerprint density at radius 1 is 1.12 bits per heavy atom. The molecule has 3 rings (SSSR count). The van der Waals surface area contributed by atoms with E-state index >= 15 is 0 Å². The van der Waals surface area contributed by atoms with Crippen molar-refractivity contribution in [1.82, 2.24) is 19.7 Å². The fraction of sp³-hybridized carbons (Fsp3) is 0.0625. The zero-order chi connectivity index (χ0) is 16.8. The Kier molecular flexibility index (Phi) is 4.97. The molecule has 0 unspecified atom stereocenters. The molecule has 0 spiro atoms. The van der Waals surface area contributed by atoms with Crippen LogP contribution in [0.15, 0.2) is 59.9 Å². The Morgan fingerprint density at radius 2 is 1.92 bits per heavy atom. The lowest BCUT2D eigenvalue weighted by atomic mass is 10.3. The van der Waals surface area contributed by atoms with Crippen molar-refractivity contribution in [2.75, 3.05) is 11.1 Å². The molecular weight excluding hydrogens is 326 g/mol. The van der Waals surface area contributed by atoms with E-state index in [9.17, 15) is 9.59 Å². The summed E-state index contributed by atoms with van der Waals surface area (Å²) in [5.74, 6) is 0.269. The van der Waals surface area contributed by atoms with Gasteiger partial charge in [-0.05, 0) is 24.3 Å². The molecular formula is C16H13N5O2S. The molecule has 0 saturated carbocycles. The molecule has 2 aromatic heterocycles. The van der Waals surface area contributed by atoms with E-state index in [1.54, 1.807) is 36.5 Å². The third-order valence-electron chi connectivity index (χ3n) is 3.05. The second-order valence-electron chi connectivity index (χ2n) is 4.70. The SMILES string of the molecule is O=Cn1c(SCC(=O)Nc2ccccc2)nnc1-c1ccccn1. The normalized spacial score (nSPS) is 10.3. The number of thioether (sulfide) groups is 1. The van der Waals surface area contributed by atoms with Crippen LogP contribution in [0.3, 0.4) is 0 Å². The number of hydrogen-bond donors (Lipinski definition) is 1. The smallest absolute Gasteiger partial charge is 0.234 e. The van der Waals surface area contributed by atoms with Crippen LogP contribution in [0.25, 0.3) is 11.5 Å². The predicted molar refractivity (Wildman–Crippen MR) is 91.2 cm³/mol. The first kappa shape index (κ1) is 15.9. The summed E-state index contributed by atoms with van der Waals surface area (Å²) in [5.41, 5.74) is 1.26. The average molecular weight is 339 g/mol. The molecule has 0 aliphatic carbocycles. The Labute approximate surface area is 142 Å². The van der Waals surface area contributed by atoms with Crippen LogP contribution in [-0.4, -0.2) is 37.8 Å². The lowest BCUT2D eigenvalue weighted by molar-refractivity contribution is -0.113. The number of para-hydroxylation sites is 1. The van der Waals surface area contributed by atoms with Crippen LogP contribution >= 0.6 is 11.8 Å². The number of amides is 1. The highest BCUT2D eigenvalue weighted by Gasteiger charge is 2.15. The molecule has 3 aromatic rings. The number of hydrogen-bond acceptors (Lipinski definition) is 6. The van der Waals surface area contributed by atoms with Crippen LogP contribution in [-0.2, 0) is 9.59 Å². The molecule has 1 N–H and O–H groups in total. The number of rotatable bonds is 6. The van der Waals surface area contributed by atoms with E-state index in [-0.39, 0.29) is 11.7 Å². The molecule has 2 heterocycles. The molecule has 0 atom stereocenters. The lowest BCUT2D eigenvalue weighted by Crippen LogP contribution is -2.14. The molecule has 0 radical (unpaired) electrons. The van der Waals surface area contributed by atoms with Gasteiger partial charge in [-0.15, -0.1) is 10.2 Å². The maximum atomic E-state index is 12.0. The number of carbonyl (C=O) groups excluding carboxylic acids is 2. The molecule has 1 aromatic carbocycles. The largest absolute Gasteiger partial charge is 0.325 e. The highest BCUT2D eigenvalue weighted by Crippen LogP contribution is 2.21. The van der Waals surface area contributed by atoms with E-state index in [2.05, 4.69) is 20.5 Å². The summed E-state index contributed by atoms with van der Waals surface area (Å²) < 4.78 is 1.28. The quantitative estimate of drug-likeness (QED) is 0.546. The van der Waals surface area contributed by atoms with Crippen molar-refractivity contribution >= 4 is 29.8 Å². The lowest BCUT2D eigenvalue weighted by Gasteiger charge is -2.04. The Bertz CT molecular complexity index is 836. The number of benzene rings is 1. The van der Waals surface area contributed by atoms with E-state index in [0.717, 1.165) is 11.8 Å². The van der Waals surface area contributed by atoms with Gasteiger partial charge in [0.05, 0.1) is 5.75 Å². The summed E-state index contributed by atoms with van der Waals surface area (Å²) in [5, 5.41) is 11.1. The van der Waals surface area contributed by atoms with Gasteiger partial charge in [-0.3, -0.25) is 14.6 Å². The zero-order valence-electron chi connectivity index (χ0n) is 12.5. The van der Waals surface area contributed by atoms with Crippen LogP contribution < -0.4 is 5.32 Å². The Hall–Kier alpha value is -3.00. The second-order valence-corrected chi connectivity index (χ2v) is 5.64. The molecule has 0 saturated heterocycles. The predicted octanol–water partition coefficient (Wildman–Crippen LogP) is 2.11. The minimum Gasteiger partial charge on any atom is -0.325 e. The molecule has 120 valence electrons. The Balaban J connectivity index is 1.69. The third kappa shape index (κ3) is 3.66. The van der Waals surface area contributed by atoms with Gasteiger partial charge in [-0.25, -0.2) is 4.57 Å². The third-order valence-corrected chi connectivity index (χ3v) is 4.00. The van der Waals surface area contributed by atoms with Crippen molar-refractivity contribution < 1.29 is 9.59 Å². The standard InChI is InChI=1S/C16H13N5O2S/c22-11-21-15(13-8-4-5-9-17-13)19-20-16(21)24-10-14(23)18-12-6-2-1-3-7-12/h1-9,11H,10H2,(H,18,23). The molecule has 0 aliphatic rings. The number of carbonyl (C=O) groups is 2. The van der Waals surface area contributed by atoms with Gasteiger partial charge in [-0.1, -0.05) is 36.0 Å². The Morgan fingerprint density at radius 3 is 2.62 bits per heavy atom. The van der Waals surface area contributed by atoms with Crippen molar-refractivity contribution in [2.45, 2.75) is 5.16 Å². The molecule has 0 fully saturated rings. The summed E-state index contributed by atoms with van der Waals surface area (Å²) in [7, 11) is 0. The van der Waals surface area contributed by atoms with Gasteiger partial charge < -0.3 is 5.32 Å². The molecule has 8 heteroatoms. The van der Waals surface area contributed by atoms with Crippen LogP contribution in [0.4, 0.5) is 5.69 Å². The number of aromatic nitrogens is 4. The van der Waals surface area contributed by atoms with E-state index in [1.165, 1.54) is 4.57 Å². The van der Waals surface area contributed by atoms with Crippen LogP contribution in [0, 0.1) is 0 Å². The maximum Gasteiger partial charge on any atom is 0.234 e. The number of nitrogens with zero attached hydrogens (tertiary/aromatic N) is 4. The van der Waals surface area contributed by atoms with E-state index < -0.39 is 0 Å². The second kappa shape index (κ2) is 7.51. The van der Waals surface area contributed by atoms with Crippen LogP contribution in [0.1, 0.15) is 0 Å². The highest BCUT2D eigenvalue weighted by molar-refractivity contribution is 7.99. The van der Waals surface area contributed by atoms with Crippen molar-refractivity contribution in [2.24, 2.45) is 0 Å². The van der Waals surface area contributed by atoms with Gasteiger partial charge in [-0.2, -0.15) is 0 Å². The molecule has 0 aliphatic heterocycles. The summed E-state index contributed by atoms with van der Waals surface area (Å²) >= 11 is 1.13. The molecule has 24 heavy (non-hydrogen) atoms. The van der Waals surface area contributed by atoms with Crippen molar-refractivity contribution in [3.63, 3.8) is 0 Å². The van der Waals surface area contributed by atoms with Gasteiger partial charge in [0.25, 0.3) is 0 Å². The number of pyridine rings is 1. The van der Waals surface area contributed by atoms with Gasteiger partial charge >= 0.3 is 0 Å². The highest BCUT2D eigenvalue weighted by atomic mass is 32.2. The summed E-state index contributed by atoms with van der Waals surface area (Å²) in [6.45, 7) is 0. The van der Waals surface area contributed by atoms with Gasteiger partial charge in [0, 0.05) is 11.9 Å². The minimum absolute atomic E-state index is 0.114. The van der Waals surface area contributed by atoms with Gasteiger partial charge in [0.15, 0.2) is 11.0 Å². The van der Waals surface area contributed by atoms with Crippen molar-refractivity contribution in [3.05, 3.63) is 54.7 Å². The van der Waals surface area contributed by atoms with Crippen LogP contribution in [0.5, 0.6) is 0 Å². The number of nitrogens with one attached hydrogen (secondary N) is 1. The van der Waals surface area contributed by atoms with Crippen molar-refractivity contribution in [3.8, 4) is 11.5 Å². The topological polar surface area (TPSA) is 89.8 Å². The summed E-state index contributed by atoms with van der Waals surface area (Å²) in [4.78, 5) is 27.5. The fourth-order valence-corrected chi connectivity index (χ4v) is 2.69. The first-order chi connectivity index (χ1) is 11.8. The fourth-order valence-electron chi connectivity index (χ4n) is 1.99. The van der Waals surface area contributed by atoms with Gasteiger partial charge in [0.1, 0.15) is 5.69 Å². The monoisotopic (exact) mass is 339 g/mol. The van der Waals surface area contributed by atoms with Crippen molar-refractivity contribution in [1.29, 1.82) is 0 Å². The molecule has 0 bridgehead atoms. The summed E-state index contributed by atoms with van der Waals surface area (Å²) in [6, 6.07) is 14.5. The van der Waals surface area contributed by atoms with E-state index in [1.807, 2.05) is 18.2 Å². The van der Waals surface area contributed by atoms with E-state index in [0.29, 0.717) is 28.8 Å². The molecule has 1 amide bonds. The van der Waals surface area contributed by atoms with E-state index in [4.69, 9.17) is 0 Å². The average Bonchev–Trinajstić information content (AvgIpc) is 3.04. The number of anilines is 1.